The molecule has 8 heteroatoms. The van der Waals surface area contributed by atoms with Gasteiger partial charge in [-0.25, -0.2) is 30.7 Å². The summed E-state index contributed by atoms with van der Waals surface area (Å²) in [7, 11) is -4.14. The Morgan fingerprint density at radius 3 is 1.95 bits per heavy atom. The summed E-state index contributed by atoms with van der Waals surface area (Å²) in [6.07, 6.45) is 0. The maximum Gasteiger partial charge on any atom is 0.241 e. The van der Waals surface area contributed by atoms with E-state index in [4.69, 9.17) is 0 Å². The molecule has 0 radical (unpaired) electrons. The van der Waals surface area contributed by atoms with E-state index in [0.717, 1.165) is 18.2 Å². The van der Waals surface area contributed by atoms with Crippen LogP contribution in [0.3, 0.4) is 0 Å². The van der Waals surface area contributed by atoms with E-state index in [-0.39, 0.29) is 5.56 Å². The second-order valence-corrected chi connectivity index (χ2v) is 6.31. The van der Waals surface area contributed by atoms with Crippen LogP contribution in [-0.2, 0) is 10.0 Å². The Morgan fingerprint density at radius 2 is 1.41 bits per heavy atom. The molecule has 0 saturated carbocycles. The van der Waals surface area contributed by atoms with Gasteiger partial charge in [0.05, 0.1) is 4.90 Å². The molecule has 0 aliphatic rings. The van der Waals surface area contributed by atoms with E-state index in [9.17, 15) is 26.0 Å². The van der Waals surface area contributed by atoms with Crippen molar-refractivity contribution in [1.29, 1.82) is 0 Å². The molecular formula is C14H11F4NO2S. The van der Waals surface area contributed by atoms with Crippen molar-refractivity contribution in [2.24, 2.45) is 0 Å². The molecule has 1 N–H and O–H groups in total. The van der Waals surface area contributed by atoms with Gasteiger partial charge in [0.25, 0.3) is 0 Å². The van der Waals surface area contributed by atoms with E-state index in [2.05, 4.69) is 4.72 Å². The van der Waals surface area contributed by atoms with Gasteiger partial charge in [0, 0.05) is 6.04 Å². The molecule has 0 spiro atoms. The first-order valence-corrected chi connectivity index (χ1v) is 7.61. The highest BCUT2D eigenvalue weighted by atomic mass is 32.2. The van der Waals surface area contributed by atoms with E-state index in [0.29, 0.717) is 12.1 Å². The Labute approximate surface area is 124 Å². The van der Waals surface area contributed by atoms with E-state index >= 15 is 0 Å². The summed E-state index contributed by atoms with van der Waals surface area (Å²) < 4.78 is 78.2. The minimum absolute atomic E-state index is 0.185. The minimum Gasteiger partial charge on any atom is -0.207 e. The van der Waals surface area contributed by atoms with Crippen LogP contribution in [0, 0.1) is 23.3 Å². The molecule has 0 aromatic heterocycles. The zero-order chi connectivity index (χ0) is 16.5. The number of rotatable bonds is 4. The zero-order valence-electron chi connectivity index (χ0n) is 11.3. The number of sulfonamides is 1. The fraction of sp³-hybridized carbons (Fsp3) is 0.143. The monoisotopic (exact) mass is 333 g/mol. The Hall–Kier alpha value is -1.93. The third kappa shape index (κ3) is 3.45. The lowest BCUT2D eigenvalue weighted by Gasteiger charge is -2.15. The summed E-state index contributed by atoms with van der Waals surface area (Å²) in [5, 5.41) is 0. The number of hydrogen-bond donors (Lipinski definition) is 1. The molecule has 0 fully saturated rings. The lowest BCUT2D eigenvalue weighted by atomic mass is 10.1. The first-order chi connectivity index (χ1) is 10.2. The average molecular weight is 333 g/mol. The van der Waals surface area contributed by atoms with Crippen LogP contribution in [0.5, 0.6) is 0 Å². The van der Waals surface area contributed by atoms with Gasteiger partial charge < -0.3 is 0 Å². The third-order valence-corrected chi connectivity index (χ3v) is 4.52. The predicted molar refractivity (Wildman–Crippen MR) is 71.5 cm³/mol. The van der Waals surface area contributed by atoms with Crippen molar-refractivity contribution in [3.05, 3.63) is 65.2 Å². The van der Waals surface area contributed by atoms with Gasteiger partial charge in [-0.2, -0.15) is 0 Å². The van der Waals surface area contributed by atoms with Gasteiger partial charge >= 0.3 is 0 Å². The summed E-state index contributed by atoms with van der Waals surface area (Å²) in [5.41, 5.74) is 0.185. The average Bonchev–Trinajstić information content (AvgIpc) is 2.44. The van der Waals surface area contributed by atoms with Gasteiger partial charge in [-0.1, -0.05) is 6.07 Å². The maximum atomic E-state index is 13.1. The van der Waals surface area contributed by atoms with Crippen molar-refractivity contribution in [3.8, 4) is 0 Å². The Balaban J connectivity index is 2.27. The first kappa shape index (κ1) is 16.4. The van der Waals surface area contributed by atoms with E-state index < -0.39 is 44.2 Å². The number of hydrogen-bond acceptors (Lipinski definition) is 2. The van der Waals surface area contributed by atoms with Crippen molar-refractivity contribution in [2.45, 2.75) is 17.9 Å². The normalized spacial score (nSPS) is 13.1. The number of halogens is 4. The number of nitrogens with one attached hydrogen (secondary N) is 1. The summed E-state index contributed by atoms with van der Waals surface area (Å²) in [4.78, 5) is -0.471. The van der Waals surface area contributed by atoms with Crippen molar-refractivity contribution >= 4 is 10.0 Å². The lowest BCUT2D eigenvalue weighted by molar-refractivity contribution is 0.502. The van der Waals surface area contributed by atoms with Crippen LogP contribution in [-0.4, -0.2) is 8.42 Å². The van der Waals surface area contributed by atoms with Crippen molar-refractivity contribution < 1.29 is 26.0 Å². The first-order valence-electron chi connectivity index (χ1n) is 6.13. The van der Waals surface area contributed by atoms with Gasteiger partial charge in [-0.15, -0.1) is 0 Å². The molecule has 118 valence electrons. The molecule has 0 amide bonds. The Morgan fingerprint density at radius 1 is 0.864 bits per heavy atom. The van der Waals surface area contributed by atoms with Gasteiger partial charge in [0.1, 0.15) is 0 Å². The standard InChI is InChI=1S/C14H11F4NO2S/c1-8(9-2-4-11(15)13(17)6-9)19-22(20,21)10-3-5-12(16)14(18)7-10/h2-8,19H,1H3. The molecular weight excluding hydrogens is 322 g/mol. The van der Waals surface area contributed by atoms with Crippen LogP contribution in [0.2, 0.25) is 0 Å². The second kappa shape index (κ2) is 6.05. The SMILES string of the molecule is CC(NS(=O)(=O)c1ccc(F)c(F)c1)c1ccc(F)c(F)c1. The molecule has 1 unspecified atom stereocenters. The fourth-order valence-electron chi connectivity index (χ4n) is 1.79. The van der Waals surface area contributed by atoms with E-state index in [1.807, 2.05) is 0 Å². The topological polar surface area (TPSA) is 46.2 Å². The van der Waals surface area contributed by atoms with Gasteiger partial charge in [0.15, 0.2) is 23.3 Å². The molecule has 2 aromatic carbocycles. The van der Waals surface area contributed by atoms with Crippen molar-refractivity contribution in [2.75, 3.05) is 0 Å². The molecule has 0 heterocycles. The van der Waals surface area contributed by atoms with Gasteiger partial charge in [0.2, 0.25) is 10.0 Å². The van der Waals surface area contributed by atoms with Crippen molar-refractivity contribution in [3.63, 3.8) is 0 Å². The summed E-state index contributed by atoms with van der Waals surface area (Å²) >= 11 is 0. The Kier molecular flexibility index (Phi) is 4.52. The van der Waals surface area contributed by atoms with E-state index in [1.165, 1.54) is 13.0 Å². The lowest BCUT2D eigenvalue weighted by Crippen LogP contribution is -2.27. The molecule has 0 bridgehead atoms. The highest BCUT2D eigenvalue weighted by Gasteiger charge is 2.20. The summed E-state index contributed by atoms with van der Waals surface area (Å²) in [5.74, 6) is -4.65. The van der Waals surface area contributed by atoms with Crippen LogP contribution >= 0.6 is 0 Å². The molecule has 2 aromatic rings. The molecule has 0 aliphatic carbocycles. The van der Waals surface area contributed by atoms with Crippen LogP contribution in [0.15, 0.2) is 41.3 Å². The van der Waals surface area contributed by atoms with Crippen LogP contribution in [0.4, 0.5) is 17.6 Å². The smallest absolute Gasteiger partial charge is 0.207 e. The summed E-state index contributed by atoms with van der Waals surface area (Å²) in [6, 6.07) is 4.17. The quantitative estimate of drug-likeness (QED) is 0.873. The largest absolute Gasteiger partial charge is 0.241 e. The van der Waals surface area contributed by atoms with Crippen LogP contribution < -0.4 is 4.72 Å². The molecule has 0 aliphatic heterocycles. The molecule has 2 rings (SSSR count). The molecule has 3 nitrogen and oxygen atoms in total. The van der Waals surface area contributed by atoms with Gasteiger partial charge in [-0.05, 0) is 42.8 Å². The van der Waals surface area contributed by atoms with E-state index in [1.54, 1.807) is 0 Å². The van der Waals surface area contributed by atoms with Gasteiger partial charge in [-0.3, -0.25) is 0 Å². The zero-order valence-corrected chi connectivity index (χ0v) is 12.1. The number of benzene rings is 2. The fourth-order valence-corrected chi connectivity index (χ4v) is 3.04. The molecule has 0 saturated heterocycles. The van der Waals surface area contributed by atoms with Crippen LogP contribution in [0.1, 0.15) is 18.5 Å². The third-order valence-electron chi connectivity index (χ3n) is 2.98. The molecule has 1 atom stereocenters. The minimum atomic E-state index is -4.14. The second-order valence-electron chi connectivity index (χ2n) is 4.59. The Bertz CT molecular complexity index is 808. The van der Waals surface area contributed by atoms with Crippen molar-refractivity contribution in [1.82, 2.24) is 4.72 Å². The van der Waals surface area contributed by atoms with Crippen LogP contribution in [0.25, 0.3) is 0 Å². The highest BCUT2D eigenvalue weighted by molar-refractivity contribution is 7.89. The maximum absolute atomic E-state index is 13.1. The highest BCUT2D eigenvalue weighted by Crippen LogP contribution is 2.20. The molecule has 22 heavy (non-hydrogen) atoms. The summed E-state index contributed by atoms with van der Waals surface area (Å²) in [6.45, 7) is 1.41. The predicted octanol–water partition coefficient (Wildman–Crippen LogP) is 3.28.